The minimum atomic E-state index is -0.773. The molecule has 6 nitrogen and oxygen atoms in total. The van der Waals surface area contributed by atoms with Crippen LogP contribution in [0.3, 0.4) is 0 Å². The van der Waals surface area contributed by atoms with E-state index in [4.69, 9.17) is 14.2 Å². The number of unbranched alkanes of at least 4 members (excludes halogenated alkanes) is 43. The van der Waals surface area contributed by atoms with Gasteiger partial charge in [0.15, 0.2) is 6.10 Å². The van der Waals surface area contributed by atoms with E-state index in [-0.39, 0.29) is 31.1 Å². The molecule has 0 aliphatic carbocycles. The fraction of sp³-hybridized carbons (Fsp3) is 0.866. The van der Waals surface area contributed by atoms with Crippen LogP contribution in [-0.2, 0) is 28.6 Å². The number of ether oxygens (including phenoxy) is 3. The number of hydrogen-bond acceptors (Lipinski definition) is 6. The van der Waals surface area contributed by atoms with Crippen molar-refractivity contribution >= 4 is 17.9 Å². The highest BCUT2D eigenvalue weighted by atomic mass is 16.6. The van der Waals surface area contributed by atoms with Crippen molar-refractivity contribution in [2.24, 2.45) is 0 Å². The minimum absolute atomic E-state index is 0.0701. The van der Waals surface area contributed by atoms with E-state index in [0.717, 1.165) is 64.2 Å². The lowest BCUT2D eigenvalue weighted by molar-refractivity contribution is -0.167. The molecule has 73 heavy (non-hydrogen) atoms. The maximum Gasteiger partial charge on any atom is 0.306 e. The second-order valence-corrected chi connectivity index (χ2v) is 22.0. The summed E-state index contributed by atoms with van der Waals surface area (Å²) >= 11 is 0. The van der Waals surface area contributed by atoms with Gasteiger partial charge in [-0.2, -0.15) is 0 Å². The summed E-state index contributed by atoms with van der Waals surface area (Å²) in [7, 11) is 0. The molecular weight excluding hydrogens is 901 g/mol. The lowest BCUT2D eigenvalue weighted by Gasteiger charge is -2.18. The molecule has 0 saturated carbocycles. The smallest absolute Gasteiger partial charge is 0.306 e. The van der Waals surface area contributed by atoms with Crippen LogP contribution in [0.5, 0.6) is 0 Å². The first-order chi connectivity index (χ1) is 36.0. The van der Waals surface area contributed by atoms with Crippen LogP contribution in [0.25, 0.3) is 0 Å². The van der Waals surface area contributed by atoms with Crippen LogP contribution in [0, 0.1) is 0 Å². The van der Waals surface area contributed by atoms with Crippen molar-refractivity contribution in [1.82, 2.24) is 0 Å². The van der Waals surface area contributed by atoms with Gasteiger partial charge in [0.25, 0.3) is 0 Å². The van der Waals surface area contributed by atoms with Gasteiger partial charge in [-0.15, -0.1) is 0 Å². The van der Waals surface area contributed by atoms with Crippen LogP contribution < -0.4 is 0 Å². The number of hydrogen-bond donors (Lipinski definition) is 0. The van der Waals surface area contributed by atoms with Gasteiger partial charge in [-0.25, -0.2) is 0 Å². The van der Waals surface area contributed by atoms with Crippen molar-refractivity contribution in [2.45, 2.75) is 361 Å². The summed E-state index contributed by atoms with van der Waals surface area (Å²) in [6.07, 6.45) is 75.7. The Bertz CT molecular complexity index is 1220. The summed E-state index contributed by atoms with van der Waals surface area (Å²) in [5, 5.41) is 0. The molecule has 0 aliphatic heterocycles. The fourth-order valence-electron chi connectivity index (χ4n) is 9.71. The van der Waals surface area contributed by atoms with E-state index in [2.05, 4.69) is 57.2 Å². The van der Waals surface area contributed by atoms with Crippen LogP contribution in [0.15, 0.2) is 36.5 Å². The molecule has 1 atom stereocenters. The Morgan fingerprint density at radius 3 is 0.795 bits per heavy atom. The van der Waals surface area contributed by atoms with Crippen molar-refractivity contribution in [3.63, 3.8) is 0 Å². The standard InChI is InChI=1S/C67H124O6/c1-4-7-10-13-16-19-22-25-28-31-33-36-38-41-44-47-50-53-56-59-65(68)71-62-64(73-67(70)61-58-55-52-49-46-43-40-35-30-27-24-21-18-15-12-9-6-3)63-72-66(69)60-57-54-51-48-45-42-39-37-34-32-29-26-23-20-17-14-11-8-5-2/h16,19,25-26,28-29,64H,4-15,17-18,20-24,27,30-63H2,1-3H3/b19-16-,28-25-,29-26-/t64-/m1/s1. The SMILES string of the molecule is CCCCC/C=C\C/C=C\CCCCCCCCCCCC(=O)OC[C@H](COC(=O)CCCCCCCCCCC/C=C\CCCCCCCC)OC(=O)CCCCCCCCCCCCCCCCCCC. The number of allylic oxidation sites excluding steroid dienone is 6. The Kier molecular flexibility index (Phi) is 60.2. The predicted octanol–water partition coefficient (Wildman–Crippen LogP) is 22.0. The summed E-state index contributed by atoms with van der Waals surface area (Å²) in [5.74, 6) is -0.850. The van der Waals surface area contributed by atoms with E-state index in [0.29, 0.717) is 19.3 Å². The number of esters is 3. The molecule has 0 aromatic carbocycles. The molecule has 428 valence electrons. The molecule has 0 aliphatic rings. The Morgan fingerprint density at radius 2 is 0.493 bits per heavy atom. The van der Waals surface area contributed by atoms with Crippen molar-refractivity contribution < 1.29 is 28.6 Å². The van der Waals surface area contributed by atoms with Crippen LogP contribution in [0.4, 0.5) is 0 Å². The van der Waals surface area contributed by atoms with E-state index in [1.807, 2.05) is 0 Å². The van der Waals surface area contributed by atoms with E-state index in [9.17, 15) is 14.4 Å². The molecule has 0 unspecified atom stereocenters. The zero-order valence-corrected chi connectivity index (χ0v) is 49.2. The summed E-state index contributed by atoms with van der Waals surface area (Å²) in [6.45, 7) is 6.67. The molecule has 0 bridgehead atoms. The zero-order chi connectivity index (χ0) is 52.9. The maximum atomic E-state index is 12.9. The number of carbonyl (C=O) groups is 3. The van der Waals surface area contributed by atoms with Crippen LogP contribution in [-0.4, -0.2) is 37.2 Å². The second-order valence-electron chi connectivity index (χ2n) is 22.0. The fourth-order valence-corrected chi connectivity index (χ4v) is 9.71. The first-order valence-electron chi connectivity index (χ1n) is 32.5. The third-order valence-electron chi connectivity index (χ3n) is 14.6. The Balaban J connectivity index is 4.33. The van der Waals surface area contributed by atoms with Gasteiger partial charge in [0.05, 0.1) is 0 Å². The average molecular weight is 1030 g/mol. The molecule has 0 spiro atoms. The van der Waals surface area contributed by atoms with E-state index in [1.54, 1.807) is 0 Å². The molecule has 0 amide bonds. The van der Waals surface area contributed by atoms with Crippen LogP contribution in [0.2, 0.25) is 0 Å². The molecule has 6 heteroatoms. The average Bonchev–Trinajstić information content (AvgIpc) is 3.39. The van der Waals surface area contributed by atoms with E-state index >= 15 is 0 Å². The van der Waals surface area contributed by atoms with Gasteiger partial charge in [0, 0.05) is 19.3 Å². The molecule has 0 rings (SSSR count). The van der Waals surface area contributed by atoms with Gasteiger partial charge < -0.3 is 14.2 Å². The zero-order valence-electron chi connectivity index (χ0n) is 49.2. The third kappa shape index (κ3) is 60.4. The van der Waals surface area contributed by atoms with Crippen LogP contribution in [0.1, 0.15) is 355 Å². The largest absolute Gasteiger partial charge is 0.462 e. The Hall–Kier alpha value is -2.37. The maximum absolute atomic E-state index is 12.9. The highest BCUT2D eigenvalue weighted by molar-refractivity contribution is 5.71. The first kappa shape index (κ1) is 70.6. The molecule has 0 heterocycles. The van der Waals surface area contributed by atoms with Crippen molar-refractivity contribution in [3.05, 3.63) is 36.5 Å². The normalized spacial score (nSPS) is 12.2. The molecule has 0 fully saturated rings. The summed E-state index contributed by atoms with van der Waals surface area (Å²) in [6, 6.07) is 0. The predicted molar refractivity (Wildman–Crippen MR) is 316 cm³/mol. The van der Waals surface area contributed by atoms with Crippen molar-refractivity contribution in [1.29, 1.82) is 0 Å². The Morgan fingerprint density at radius 1 is 0.274 bits per heavy atom. The van der Waals surface area contributed by atoms with Gasteiger partial charge in [-0.1, -0.05) is 295 Å². The Labute approximate surface area is 455 Å². The number of carbonyl (C=O) groups excluding carboxylic acids is 3. The lowest BCUT2D eigenvalue weighted by Crippen LogP contribution is -2.30. The summed E-state index contributed by atoms with van der Waals surface area (Å²) < 4.78 is 17.0. The molecule has 0 aromatic rings. The minimum Gasteiger partial charge on any atom is -0.462 e. The molecule has 0 aromatic heterocycles. The van der Waals surface area contributed by atoms with Crippen LogP contribution >= 0.6 is 0 Å². The molecule has 0 saturated heterocycles. The third-order valence-corrected chi connectivity index (χ3v) is 14.6. The summed E-state index contributed by atoms with van der Waals surface area (Å²) in [4.78, 5) is 38.3. The topological polar surface area (TPSA) is 78.9 Å². The van der Waals surface area contributed by atoms with Crippen molar-refractivity contribution in [3.8, 4) is 0 Å². The van der Waals surface area contributed by atoms with Gasteiger partial charge in [0.1, 0.15) is 13.2 Å². The lowest BCUT2D eigenvalue weighted by atomic mass is 10.0. The van der Waals surface area contributed by atoms with Crippen molar-refractivity contribution in [2.75, 3.05) is 13.2 Å². The first-order valence-corrected chi connectivity index (χ1v) is 32.5. The second kappa shape index (κ2) is 62.2. The van der Waals surface area contributed by atoms with Gasteiger partial charge in [-0.3, -0.25) is 14.4 Å². The van der Waals surface area contributed by atoms with Gasteiger partial charge in [0.2, 0.25) is 0 Å². The monoisotopic (exact) mass is 1020 g/mol. The summed E-state index contributed by atoms with van der Waals surface area (Å²) in [5.41, 5.74) is 0. The molecular formula is C67H124O6. The van der Waals surface area contributed by atoms with Gasteiger partial charge >= 0.3 is 17.9 Å². The van der Waals surface area contributed by atoms with E-state index < -0.39 is 6.10 Å². The number of rotatable bonds is 60. The van der Waals surface area contributed by atoms with E-state index in [1.165, 1.54) is 250 Å². The highest BCUT2D eigenvalue weighted by Crippen LogP contribution is 2.17. The quantitative estimate of drug-likeness (QED) is 0.0261. The van der Waals surface area contributed by atoms with Gasteiger partial charge in [-0.05, 0) is 77.0 Å². The molecule has 0 N–H and O–H groups in total. The molecule has 0 radical (unpaired) electrons. The highest BCUT2D eigenvalue weighted by Gasteiger charge is 2.19.